The van der Waals surface area contributed by atoms with Gasteiger partial charge in [-0.2, -0.15) is 5.10 Å². The van der Waals surface area contributed by atoms with Crippen molar-refractivity contribution in [3.8, 4) is 0 Å². The number of nitrogens with one attached hydrogen (secondary N) is 1. The highest BCUT2D eigenvalue weighted by Crippen LogP contribution is 2.34. The topological polar surface area (TPSA) is 72.9 Å². The molecule has 0 fully saturated rings. The molecule has 0 bridgehead atoms. The Labute approximate surface area is 115 Å². The number of fused-ring (bicyclic) bond motifs is 1. The molecule has 0 spiro atoms. The van der Waals surface area contributed by atoms with E-state index < -0.39 is 5.91 Å². The number of benzene rings is 1. The summed E-state index contributed by atoms with van der Waals surface area (Å²) in [5.41, 5.74) is 6.01. The number of amides is 1. The number of hydrogen-bond donors (Lipinski definition) is 2. The third kappa shape index (κ3) is 1.93. The Morgan fingerprint density at radius 3 is 2.95 bits per heavy atom. The Balaban J connectivity index is 2.12. The van der Waals surface area contributed by atoms with Gasteiger partial charge in [-0.15, -0.1) is 0 Å². The molecular formula is C14H15FN4O. The molecule has 2 atom stereocenters. The fourth-order valence-corrected chi connectivity index (χ4v) is 2.63. The molecule has 20 heavy (non-hydrogen) atoms. The van der Waals surface area contributed by atoms with Crippen LogP contribution in [0.15, 0.2) is 30.3 Å². The summed E-state index contributed by atoms with van der Waals surface area (Å²) in [5.74, 6) is -0.0351. The molecule has 0 saturated carbocycles. The van der Waals surface area contributed by atoms with Gasteiger partial charge >= 0.3 is 0 Å². The van der Waals surface area contributed by atoms with Crippen molar-refractivity contribution in [2.75, 3.05) is 11.9 Å². The molecule has 1 aliphatic heterocycles. The van der Waals surface area contributed by atoms with Crippen molar-refractivity contribution in [1.29, 1.82) is 0 Å². The van der Waals surface area contributed by atoms with Crippen LogP contribution in [0.3, 0.4) is 0 Å². The second kappa shape index (κ2) is 4.63. The third-order valence-electron chi connectivity index (χ3n) is 3.62. The summed E-state index contributed by atoms with van der Waals surface area (Å²) in [6, 6.07) is 7.98. The first-order valence-corrected chi connectivity index (χ1v) is 6.45. The number of aromatic nitrogens is 2. The maximum atomic E-state index is 14.1. The lowest BCUT2D eigenvalue weighted by atomic mass is 9.92. The molecule has 0 saturated heterocycles. The quantitative estimate of drug-likeness (QED) is 0.876. The molecule has 5 nitrogen and oxygen atoms in total. The van der Waals surface area contributed by atoms with Crippen molar-refractivity contribution in [3.05, 3.63) is 47.4 Å². The van der Waals surface area contributed by atoms with Crippen LogP contribution in [-0.2, 0) is 0 Å². The molecule has 2 heterocycles. The van der Waals surface area contributed by atoms with Crippen molar-refractivity contribution in [2.24, 2.45) is 11.7 Å². The normalized spacial score (nSPS) is 21.1. The van der Waals surface area contributed by atoms with Crippen LogP contribution < -0.4 is 11.1 Å². The Kier molecular flexibility index (Phi) is 2.93. The number of primary amides is 1. The van der Waals surface area contributed by atoms with E-state index in [-0.39, 0.29) is 23.5 Å². The minimum Gasteiger partial charge on any atom is -0.370 e. The van der Waals surface area contributed by atoms with Gasteiger partial charge in [0.25, 0.3) is 5.91 Å². The average Bonchev–Trinajstić information content (AvgIpc) is 2.84. The van der Waals surface area contributed by atoms with E-state index >= 15 is 0 Å². The molecule has 2 aromatic rings. The summed E-state index contributed by atoms with van der Waals surface area (Å²) in [7, 11) is 0. The van der Waals surface area contributed by atoms with E-state index in [1.165, 1.54) is 6.07 Å². The Morgan fingerprint density at radius 2 is 2.25 bits per heavy atom. The van der Waals surface area contributed by atoms with Crippen LogP contribution in [0.4, 0.5) is 10.2 Å². The van der Waals surface area contributed by atoms with E-state index in [1.54, 1.807) is 28.9 Å². The predicted molar refractivity (Wildman–Crippen MR) is 72.9 cm³/mol. The van der Waals surface area contributed by atoms with Gasteiger partial charge in [-0.25, -0.2) is 9.07 Å². The largest absolute Gasteiger partial charge is 0.370 e. The molecule has 1 aromatic heterocycles. The van der Waals surface area contributed by atoms with E-state index in [0.29, 0.717) is 17.9 Å². The average molecular weight is 274 g/mol. The van der Waals surface area contributed by atoms with Gasteiger partial charge in [0.2, 0.25) is 0 Å². The first-order chi connectivity index (χ1) is 9.58. The zero-order chi connectivity index (χ0) is 14.3. The van der Waals surface area contributed by atoms with E-state index in [1.807, 2.05) is 6.92 Å². The first-order valence-electron chi connectivity index (χ1n) is 6.45. The van der Waals surface area contributed by atoms with Crippen LogP contribution in [0.5, 0.6) is 0 Å². The van der Waals surface area contributed by atoms with Crippen LogP contribution in [0.1, 0.15) is 29.0 Å². The summed E-state index contributed by atoms with van der Waals surface area (Å²) in [6.45, 7) is 2.70. The van der Waals surface area contributed by atoms with Gasteiger partial charge in [0.15, 0.2) is 5.69 Å². The number of anilines is 1. The SMILES string of the molecule is CC1CNc2cc(C(N)=O)nn2C1c1ccccc1F. The Bertz CT molecular complexity index is 667. The minimum absolute atomic E-state index is 0.139. The smallest absolute Gasteiger partial charge is 0.269 e. The standard InChI is InChI=1S/C14H15FN4O/c1-8-7-17-12-6-11(14(16)20)18-19(12)13(8)9-4-2-3-5-10(9)15/h2-6,8,13,17H,7H2,1H3,(H2,16,20). The molecule has 1 aliphatic rings. The molecule has 0 aliphatic carbocycles. The van der Waals surface area contributed by atoms with Gasteiger partial charge in [-0.3, -0.25) is 4.79 Å². The lowest BCUT2D eigenvalue weighted by molar-refractivity contribution is 0.0994. The van der Waals surface area contributed by atoms with Crippen molar-refractivity contribution < 1.29 is 9.18 Å². The maximum absolute atomic E-state index is 14.1. The van der Waals surface area contributed by atoms with E-state index in [2.05, 4.69) is 10.4 Å². The summed E-state index contributed by atoms with van der Waals surface area (Å²) < 4.78 is 15.7. The van der Waals surface area contributed by atoms with Gasteiger partial charge in [-0.1, -0.05) is 25.1 Å². The van der Waals surface area contributed by atoms with Crippen molar-refractivity contribution in [3.63, 3.8) is 0 Å². The molecule has 3 N–H and O–H groups in total. The van der Waals surface area contributed by atoms with Crippen molar-refractivity contribution >= 4 is 11.7 Å². The highest BCUT2D eigenvalue weighted by atomic mass is 19.1. The molecule has 6 heteroatoms. The minimum atomic E-state index is -0.589. The highest BCUT2D eigenvalue weighted by Gasteiger charge is 2.31. The lowest BCUT2D eigenvalue weighted by Gasteiger charge is -2.31. The number of hydrogen-bond acceptors (Lipinski definition) is 3. The molecule has 0 radical (unpaired) electrons. The maximum Gasteiger partial charge on any atom is 0.269 e. The fraction of sp³-hybridized carbons (Fsp3) is 0.286. The monoisotopic (exact) mass is 274 g/mol. The lowest BCUT2D eigenvalue weighted by Crippen LogP contribution is -2.32. The van der Waals surface area contributed by atoms with E-state index in [0.717, 1.165) is 0 Å². The third-order valence-corrected chi connectivity index (χ3v) is 3.62. The van der Waals surface area contributed by atoms with Crippen LogP contribution in [0.25, 0.3) is 0 Å². The van der Waals surface area contributed by atoms with Crippen LogP contribution >= 0.6 is 0 Å². The summed E-state index contributed by atoms with van der Waals surface area (Å²) in [5, 5.41) is 7.39. The number of rotatable bonds is 2. The van der Waals surface area contributed by atoms with Gasteiger partial charge in [0.1, 0.15) is 11.6 Å². The van der Waals surface area contributed by atoms with Crippen molar-refractivity contribution in [2.45, 2.75) is 13.0 Å². The second-order valence-electron chi connectivity index (χ2n) is 5.05. The molecular weight excluding hydrogens is 259 g/mol. The Morgan fingerprint density at radius 1 is 1.50 bits per heavy atom. The zero-order valence-electron chi connectivity index (χ0n) is 11.0. The Hall–Kier alpha value is -2.37. The summed E-state index contributed by atoms with van der Waals surface area (Å²) in [6.07, 6.45) is 0. The van der Waals surface area contributed by atoms with Gasteiger partial charge in [0.05, 0.1) is 6.04 Å². The van der Waals surface area contributed by atoms with Gasteiger partial charge < -0.3 is 11.1 Å². The van der Waals surface area contributed by atoms with E-state index in [4.69, 9.17) is 5.73 Å². The fourth-order valence-electron chi connectivity index (χ4n) is 2.63. The number of nitrogens with two attached hydrogens (primary N) is 1. The summed E-state index contributed by atoms with van der Waals surface area (Å²) in [4.78, 5) is 11.3. The summed E-state index contributed by atoms with van der Waals surface area (Å²) >= 11 is 0. The molecule has 1 aromatic carbocycles. The van der Waals surface area contributed by atoms with Crippen LogP contribution in [0.2, 0.25) is 0 Å². The number of carbonyl (C=O) groups excluding carboxylic acids is 1. The van der Waals surface area contributed by atoms with Crippen molar-refractivity contribution in [1.82, 2.24) is 9.78 Å². The molecule has 2 unspecified atom stereocenters. The molecule has 3 rings (SSSR count). The van der Waals surface area contributed by atoms with E-state index in [9.17, 15) is 9.18 Å². The zero-order valence-corrected chi connectivity index (χ0v) is 11.0. The predicted octanol–water partition coefficient (Wildman–Crippen LogP) is 1.77. The molecule has 1 amide bonds. The number of carbonyl (C=O) groups is 1. The second-order valence-corrected chi connectivity index (χ2v) is 5.05. The molecule has 104 valence electrons. The number of halogens is 1. The van der Waals surface area contributed by atoms with Gasteiger partial charge in [-0.05, 0) is 6.07 Å². The van der Waals surface area contributed by atoms with Crippen LogP contribution in [-0.4, -0.2) is 22.2 Å². The first kappa shape index (κ1) is 12.7. The highest BCUT2D eigenvalue weighted by molar-refractivity contribution is 5.91. The van der Waals surface area contributed by atoms with Crippen LogP contribution in [0, 0.1) is 11.7 Å². The number of nitrogens with zero attached hydrogens (tertiary/aromatic N) is 2. The van der Waals surface area contributed by atoms with Gasteiger partial charge in [0, 0.05) is 24.1 Å².